The molecular weight excluding hydrogens is 341 g/mol. The Labute approximate surface area is 130 Å². The number of hydrogen-bond acceptors (Lipinski definition) is 6. The lowest BCUT2D eigenvalue weighted by molar-refractivity contribution is 0.222. The Kier molecular flexibility index (Phi) is 4.89. The molecule has 2 N–H and O–H groups in total. The monoisotopic (exact) mass is 355 g/mol. The van der Waals surface area contributed by atoms with E-state index in [4.69, 9.17) is 4.74 Å². The number of hydrogen-bond donors (Lipinski definition) is 2. The van der Waals surface area contributed by atoms with E-state index in [1.807, 2.05) is 13.8 Å². The van der Waals surface area contributed by atoms with Crippen LogP contribution in [0.2, 0.25) is 0 Å². The predicted octanol–water partition coefficient (Wildman–Crippen LogP) is 3.35. The number of nitrogens with zero attached hydrogens (tertiary/aromatic N) is 3. The molecule has 8 heteroatoms. The first kappa shape index (κ1) is 15.4. The van der Waals surface area contributed by atoms with Crippen molar-refractivity contribution < 1.29 is 9.13 Å². The minimum atomic E-state index is -0.407. The van der Waals surface area contributed by atoms with Crippen LogP contribution in [0.4, 0.5) is 22.0 Å². The number of nitrogens with one attached hydrogen (secondary N) is 2. The van der Waals surface area contributed by atoms with Crippen molar-refractivity contribution in [2.45, 2.75) is 20.0 Å². The minimum absolute atomic E-state index is 0.0763. The lowest BCUT2D eigenvalue weighted by Gasteiger charge is -2.11. The van der Waals surface area contributed by atoms with Crippen molar-refractivity contribution in [1.82, 2.24) is 15.0 Å². The lowest BCUT2D eigenvalue weighted by atomic mass is 10.3. The van der Waals surface area contributed by atoms with E-state index >= 15 is 0 Å². The Bertz CT molecular complexity index is 638. The first-order valence-electron chi connectivity index (χ1n) is 6.30. The van der Waals surface area contributed by atoms with Crippen LogP contribution in [0.15, 0.2) is 22.7 Å². The highest BCUT2D eigenvalue weighted by Gasteiger charge is 2.10. The van der Waals surface area contributed by atoms with Gasteiger partial charge in [0.05, 0.1) is 11.8 Å². The fourth-order valence-electron chi connectivity index (χ4n) is 1.50. The molecule has 0 spiro atoms. The quantitative estimate of drug-likeness (QED) is 0.856. The van der Waals surface area contributed by atoms with Gasteiger partial charge in [-0.15, -0.1) is 0 Å². The molecule has 0 aliphatic heterocycles. The molecule has 0 unspecified atom stereocenters. The summed E-state index contributed by atoms with van der Waals surface area (Å²) in [6.07, 6.45) is -0.0763. The molecular formula is C13H15BrFN5O. The molecule has 0 saturated heterocycles. The maximum atomic E-state index is 13.7. The zero-order chi connectivity index (χ0) is 15.4. The highest BCUT2D eigenvalue weighted by atomic mass is 79.9. The fraction of sp³-hybridized carbons (Fsp3) is 0.308. The largest absolute Gasteiger partial charge is 0.461 e. The molecule has 1 aromatic carbocycles. The Morgan fingerprint density at radius 3 is 2.57 bits per heavy atom. The van der Waals surface area contributed by atoms with Gasteiger partial charge in [0.15, 0.2) is 0 Å². The van der Waals surface area contributed by atoms with Crippen LogP contribution >= 0.6 is 15.9 Å². The van der Waals surface area contributed by atoms with Crippen molar-refractivity contribution >= 4 is 33.5 Å². The maximum Gasteiger partial charge on any atom is 0.323 e. The first-order valence-corrected chi connectivity index (χ1v) is 7.10. The van der Waals surface area contributed by atoms with Crippen molar-refractivity contribution in [1.29, 1.82) is 0 Å². The van der Waals surface area contributed by atoms with Crippen LogP contribution in [-0.4, -0.2) is 28.1 Å². The molecule has 6 nitrogen and oxygen atoms in total. The van der Waals surface area contributed by atoms with Gasteiger partial charge >= 0.3 is 6.01 Å². The van der Waals surface area contributed by atoms with Gasteiger partial charge in [-0.05, 0) is 32.0 Å². The third kappa shape index (κ3) is 4.25. The number of anilines is 3. The number of aromatic nitrogens is 3. The summed E-state index contributed by atoms with van der Waals surface area (Å²) in [7, 11) is 1.68. The van der Waals surface area contributed by atoms with Crippen LogP contribution in [0.1, 0.15) is 13.8 Å². The van der Waals surface area contributed by atoms with E-state index in [-0.39, 0.29) is 23.8 Å². The van der Waals surface area contributed by atoms with E-state index in [0.717, 1.165) is 4.47 Å². The zero-order valence-corrected chi connectivity index (χ0v) is 13.4. The summed E-state index contributed by atoms with van der Waals surface area (Å²) in [4.78, 5) is 12.3. The Balaban J connectivity index is 2.32. The predicted molar refractivity (Wildman–Crippen MR) is 82.5 cm³/mol. The number of rotatable bonds is 5. The van der Waals surface area contributed by atoms with E-state index in [2.05, 4.69) is 41.5 Å². The van der Waals surface area contributed by atoms with E-state index in [0.29, 0.717) is 5.95 Å². The standard InChI is InChI=1S/C13H15BrFN5O/c1-7(2)21-13-19-11(16-3)18-12(20-13)17-10-6-8(14)4-5-9(10)15/h4-7H,1-3H3,(H2,16,17,18,19,20). The molecule has 0 bridgehead atoms. The Hall–Kier alpha value is -1.96. The third-order valence-corrected chi connectivity index (χ3v) is 2.85. The molecule has 0 atom stereocenters. The van der Waals surface area contributed by atoms with Gasteiger partial charge in [-0.3, -0.25) is 0 Å². The number of benzene rings is 1. The number of ether oxygens (including phenoxy) is 1. The van der Waals surface area contributed by atoms with E-state index < -0.39 is 5.82 Å². The normalized spacial score (nSPS) is 10.6. The molecule has 0 fully saturated rings. The molecule has 0 aliphatic rings. The van der Waals surface area contributed by atoms with Crippen LogP contribution in [0.25, 0.3) is 0 Å². The van der Waals surface area contributed by atoms with Gasteiger partial charge in [-0.25, -0.2) is 4.39 Å². The molecule has 0 saturated carbocycles. The van der Waals surface area contributed by atoms with E-state index in [1.165, 1.54) is 6.07 Å². The van der Waals surface area contributed by atoms with Gasteiger partial charge in [-0.2, -0.15) is 15.0 Å². The summed E-state index contributed by atoms with van der Waals surface area (Å²) in [6, 6.07) is 4.72. The maximum absolute atomic E-state index is 13.7. The molecule has 0 amide bonds. The van der Waals surface area contributed by atoms with Crippen LogP contribution in [0.3, 0.4) is 0 Å². The van der Waals surface area contributed by atoms with Gasteiger partial charge < -0.3 is 15.4 Å². The molecule has 21 heavy (non-hydrogen) atoms. The minimum Gasteiger partial charge on any atom is -0.461 e. The molecule has 2 aromatic rings. The first-order chi connectivity index (χ1) is 9.97. The third-order valence-electron chi connectivity index (χ3n) is 2.35. The smallest absolute Gasteiger partial charge is 0.323 e. The van der Waals surface area contributed by atoms with E-state index in [9.17, 15) is 4.39 Å². The number of halogens is 2. The second-order valence-electron chi connectivity index (χ2n) is 4.43. The second-order valence-corrected chi connectivity index (χ2v) is 5.35. The SMILES string of the molecule is CNc1nc(Nc2cc(Br)ccc2F)nc(OC(C)C)n1. The highest BCUT2D eigenvalue weighted by Crippen LogP contribution is 2.23. The molecule has 1 aromatic heterocycles. The van der Waals surface area contributed by atoms with Crippen molar-refractivity contribution in [2.24, 2.45) is 0 Å². The van der Waals surface area contributed by atoms with Crippen molar-refractivity contribution in [3.8, 4) is 6.01 Å². The summed E-state index contributed by atoms with van der Waals surface area (Å²) in [6.45, 7) is 3.73. The Morgan fingerprint density at radius 1 is 1.19 bits per heavy atom. The molecule has 112 valence electrons. The van der Waals surface area contributed by atoms with Crippen molar-refractivity contribution in [2.75, 3.05) is 17.7 Å². The molecule has 0 radical (unpaired) electrons. The average Bonchev–Trinajstić information content (AvgIpc) is 2.42. The fourth-order valence-corrected chi connectivity index (χ4v) is 1.86. The molecule has 2 rings (SSSR count). The van der Waals surface area contributed by atoms with Gasteiger partial charge in [0.2, 0.25) is 11.9 Å². The lowest BCUT2D eigenvalue weighted by Crippen LogP contribution is -2.12. The zero-order valence-electron chi connectivity index (χ0n) is 11.8. The van der Waals surface area contributed by atoms with Crippen molar-refractivity contribution in [3.05, 3.63) is 28.5 Å². The van der Waals surface area contributed by atoms with Gasteiger partial charge in [0.1, 0.15) is 5.82 Å². The van der Waals surface area contributed by atoms with Crippen LogP contribution in [-0.2, 0) is 0 Å². The summed E-state index contributed by atoms with van der Waals surface area (Å²) in [5.41, 5.74) is 0.258. The Morgan fingerprint density at radius 2 is 1.90 bits per heavy atom. The van der Waals surface area contributed by atoms with Crippen LogP contribution in [0, 0.1) is 5.82 Å². The second kappa shape index (κ2) is 6.66. The van der Waals surface area contributed by atoms with E-state index in [1.54, 1.807) is 19.2 Å². The van der Waals surface area contributed by atoms with Gasteiger partial charge in [0, 0.05) is 11.5 Å². The summed E-state index contributed by atoms with van der Waals surface area (Å²) < 4.78 is 19.9. The average molecular weight is 356 g/mol. The van der Waals surface area contributed by atoms with Crippen molar-refractivity contribution in [3.63, 3.8) is 0 Å². The summed E-state index contributed by atoms with van der Waals surface area (Å²) in [5.74, 6) is 0.122. The topological polar surface area (TPSA) is 72.0 Å². The summed E-state index contributed by atoms with van der Waals surface area (Å²) in [5, 5.41) is 5.62. The van der Waals surface area contributed by atoms with Crippen LogP contribution < -0.4 is 15.4 Å². The summed E-state index contributed by atoms with van der Waals surface area (Å²) >= 11 is 3.29. The molecule has 1 heterocycles. The van der Waals surface area contributed by atoms with Gasteiger partial charge in [0.25, 0.3) is 0 Å². The van der Waals surface area contributed by atoms with Gasteiger partial charge in [-0.1, -0.05) is 15.9 Å². The highest BCUT2D eigenvalue weighted by molar-refractivity contribution is 9.10. The van der Waals surface area contributed by atoms with Crippen LogP contribution in [0.5, 0.6) is 6.01 Å². The molecule has 0 aliphatic carbocycles.